The Hall–Kier alpha value is -2.02. The van der Waals surface area contributed by atoms with Crippen LogP contribution in [-0.2, 0) is 12.8 Å². The molecule has 4 rings (SSSR count). The van der Waals surface area contributed by atoms with Gasteiger partial charge in [-0.25, -0.2) is 4.98 Å². The molecule has 0 bridgehead atoms. The van der Waals surface area contributed by atoms with Crippen molar-refractivity contribution in [3.63, 3.8) is 0 Å². The molecule has 2 aliphatic rings. The van der Waals surface area contributed by atoms with Crippen molar-refractivity contribution >= 4 is 28.2 Å². The smallest absolute Gasteiger partial charge is 0.277 e. The van der Waals surface area contributed by atoms with Crippen LogP contribution in [0.25, 0.3) is 0 Å². The first-order chi connectivity index (χ1) is 11.3. The molecule has 1 amide bonds. The Morgan fingerprint density at radius 1 is 1.09 bits per heavy atom. The van der Waals surface area contributed by atoms with E-state index in [-0.39, 0.29) is 5.91 Å². The van der Waals surface area contributed by atoms with Crippen molar-refractivity contribution in [3.05, 3.63) is 28.4 Å². The first-order valence-corrected chi connectivity index (χ1v) is 9.00. The molecule has 120 valence electrons. The molecule has 6 nitrogen and oxygen atoms in total. The lowest BCUT2D eigenvalue weighted by molar-refractivity contribution is 0.102. The van der Waals surface area contributed by atoms with Crippen molar-refractivity contribution in [1.82, 2.24) is 15.2 Å². The quantitative estimate of drug-likeness (QED) is 0.937. The maximum atomic E-state index is 12.3. The maximum absolute atomic E-state index is 12.3. The first kappa shape index (κ1) is 14.6. The Morgan fingerprint density at radius 3 is 2.65 bits per heavy atom. The molecule has 1 fully saturated rings. The van der Waals surface area contributed by atoms with E-state index in [9.17, 15) is 4.79 Å². The van der Waals surface area contributed by atoms with Crippen LogP contribution in [0.5, 0.6) is 0 Å². The Bertz CT molecular complexity index is 682. The van der Waals surface area contributed by atoms with Crippen LogP contribution in [0, 0.1) is 0 Å². The lowest BCUT2D eigenvalue weighted by Crippen LogP contribution is -2.21. The summed E-state index contributed by atoms with van der Waals surface area (Å²) in [6.45, 7) is 2.04. The van der Waals surface area contributed by atoms with Crippen LogP contribution in [0.4, 0.5) is 10.9 Å². The summed E-state index contributed by atoms with van der Waals surface area (Å²) < 4.78 is 0. The molecule has 0 saturated carbocycles. The summed E-state index contributed by atoms with van der Waals surface area (Å²) in [6, 6.07) is 3.61. The molecule has 23 heavy (non-hydrogen) atoms. The number of nitrogens with one attached hydrogen (secondary N) is 1. The van der Waals surface area contributed by atoms with Crippen LogP contribution < -0.4 is 10.2 Å². The minimum Gasteiger partial charge on any atom is -0.355 e. The summed E-state index contributed by atoms with van der Waals surface area (Å²) in [5.41, 5.74) is 1.48. The van der Waals surface area contributed by atoms with Crippen molar-refractivity contribution in [2.24, 2.45) is 0 Å². The van der Waals surface area contributed by atoms with Gasteiger partial charge in [0, 0.05) is 18.0 Å². The summed E-state index contributed by atoms with van der Waals surface area (Å²) in [6.07, 6.45) is 6.89. The van der Waals surface area contributed by atoms with Gasteiger partial charge in [-0.15, -0.1) is 21.5 Å². The van der Waals surface area contributed by atoms with E-state index in [2.05, 4.69) is 25.4 Å². The maximum Gasteiger partial charge on any atom is 0.277 e. The highest BCUT2D eigenvalue weighted by Gasteiger charge is 2.18. The summed E-state index contributed by atoms with van der Waals surface area (Å²) >= 11 is 1.58. The fraction of sp³-hybridized carbons (Fsp3) is 0.500. The second kappa shape index (κ2) is 6.23. The van der Waals surface area contributed by atoms with Gasteiger partial charge in [-0.05, 0) is 50.7 Å². The number of carbonyl (C=O) groups excluding carboxylic acids is 1. The van der Waals surface area contributed by atoms with Gasteiger partial charge in [-0.3, -0.25) is 10.1 Å². The fourth-order valence-electron chi connectivity index (χ4n) is 3.13. The van der Waals surface area contributed by atoms with Crippen LogP contribution in [0.15, 0.2) is 12.1 Å². The number of rotatable bonds is 3. The number of hydrogen-bond donors (Lipinski definition) is 1. The topological polar surface area (TPSA) is 71.0 Å². The predicted octanol–water partition coefficient (Wildman–Crippen LogP) is 2.66. The molecule has 1 saturated heterocycles. The van der Waals surface area contributed by atoms with Gasteiger partial charge < -0.3 is 4.90 Å². The standard InChI is InChI=1S/C16H19N5OS/c22-15(18-16-17-11-5-1-2-6-13(11)23-16)12-7-8-14(20-19-12)21-9-3-4-10-21/h7-8H,1-6,9-10H2,(H,17,18,22). The Labute approximate surface area is 139 Å². The molecule has 0 aromatic carbocycles. The number of aromatic nitrogens is 3. The Morgan fingerprint density at radius 2 is 1.91 bits per heavy atom. The average Bonchev–Trinajstić information content (AvgIpc) is 3.24. The number of thiazole rings is 1. The molecule has 3 heterocycles. The normalized spacial score (nSPS) is 17.1. The highest BCUT2D eigenvalue weighted by atomic mass is 32.1. The Kier molecular flexibility index (Phi) is 3.95. The number of anilines is 2. The van der Waals surface area contributed by atoms with Crippen LogP contribution in [0.3, 0.4) is 0 Å². The summed E-state index contributed by atoms with van der Waals surface area (Å²) in [4.78, 5) is 20.3. The molecule has 0 atom stereocenters. The molecule has 1 aliphatic carbocycles. The predicted molar refractivity (Wildman–Crippen MR) is 90.2 cm³/mol. The van der Waals surface area contributed by atoms with Gasteiger partial charge >= 0.3 is 0 Å². The monoisotopic (exact) mass is 329 g/mol. The molecule has 2 aromatic rings. The number of fused-ring (bicyclic) bond motifs is 1. The SMILES string of the molecule is O=C(Nc1nc2c(s1)CCCC2)c1ccc(N2CCCC2)nn1. The minimum absolute atomic E-state index is 0.239. The summed E-state index contributed by atoms with van der Waals surface area (Å²) in [5, 5.41) is 11.8. The van der Waals surface area contributed by atoms with E-state index in [1.807, 2.05) is 6.07 Å². The third-order valence-corrected chi connectivity index (χ3v) is 5.45. The van der Waals surface area contributed by atoms with E-state index >= 15 is 0 Å². The van der Waals surface area contributed by atoms with E-state index in [1.54, 1.807) is 17.4 Å². The molecule has 0 unspecified atom stereocenters. The second-order valence-electron chi connectivity index (χ2n) is 6.02. The lowest BCUT2D eigenvalue weighted by atomic mass is 10.0. The van der Waals surface area contributed by atoms with Crippen molar-refractivity contribution in [3.8, 4) is 0 Å². The van der Waals surface area contributed by atoms with Crippen LogP contribution in [0.2, 0.25) is 0 Å². The third kappa shape index (κ3) is 3.06. The van der Waals surface area contributed by atoms with Crippen LogP contribution in [0.1, 0.15) is 46.7 Å². The van der Waals surface area contributed by atoms with Gasteiger partial charge in [0.2, 0.25) is 0 Å². The zero-order chi connectivity index (χ0) is 15.6. The van der Waals surface area contributed by atoms with Crippen molar-refractivity contribution < 1.29 is 4.79 Å². The molecule has 7 heteroatoms. The van der Waals surface area contributed by atoms with Gasteiger partial charge in [-0.2, -0.15) is 0 Å². The lowest BCUT2D eigenvalue weighted by Gasteiger charge is -2.14. The summed E-state index contributed by atoms with van der Waals surface area (Å²) in [7, 11) is 0. The number of aryl methyl sites for hydroxylation is 2. The highest BCUT2D eigenvalue weighted by Crippen LogP contribution is 2.29. The van der Waals surface area contributed by atoms with Gasteiger partial charge in [0.05, 0.1) is 5.69 Å². The number of carbonyl (C=O) groups is 1. The molecule has 0 spiro atoms. The van der Waals surface area contributed by atoms with E-state index in [4.69, 9.17) is 0 Å². The van der Waals surface area contributed by atoms with Gasteiger partial charge in [0.25, 0.3) is 5.91 Å². The largest absolute Gasteiger partial charge is 0.355 e. The van der Waals surface area contributed by atoms with Crippen LogP contribution >= 0.6 is 11.3 Å². The number of nitrogens with zero attached hydrogens (tertiary/aromatic N) is 4. The summed E-state index contributed by atoms with van der Waals surface area (Å²) in [5.74, 6) is 0.611. The first-order valence-electron chi connectivity index (χ1n) is 8.18. The molecule has 2 aromatic heterocycles. The van der Waals surface area contributed by atoms with Crippen molar-refractivity contribution in [2.75, 3.05) is 23.3 Å². The minimum atomic E-state index is -0.239. The zero-order valence-electron chi connectivity index (χ0n) is 12.9. The molecule has 1 aliphatic heterocycles. The van der Waals surface area contributed by atoms with Gasteiger partial charge in [-0.1, -0.05) is 0 Å². The van der Waals surface area contributed by atoms with Gasteiger partial charge in [0.1, 0.15) is 0 Å². The van der Waals surface area contributed by atoms with E-state index in [0.717, 1.165) is 37.4 Å². The van der Waals surface area contributed by atoms with E-state index in [1.165, 1.54) is 30.6 Å². The number of amides is 1. The fourth-order valence-corrected chi connectivity index (χ4v) is 4.17. The van der Waals surface area contributed by atoms with E-state index < -0.39 is 0 Å². The van der Waals surface area contributed by atoms with Crippen molar-refractivity contribution in [2.45, 2.75) is 38.5 Å². The molecule has 1 N–H and O–H groups in total. The third-order valence-electron chi connectivity index (χ3n) is 4.38. The van der Waals surface area contributed by atoms with Crippen LogP contribution in [-0.4, -0.2) is 34.2 Å². The average molecular weight is 329 g/mol. The second-order valence-corrected chi connectivity index (χ2v) is 7.10. The highest BCUT2D eigenvalue weighted by molar-refractivity contribution is 7.15. The molecular formula is C16H19N5OS. The molecular weight excluding hydrogens is 310 g/mol. The molecule has 0 radical (unpaired) electrons. The zero-order valence-corrected chi connectivity index (χ0v) is 13.7. The van der Waals surface area contributed by atoms with E-state index in [0.29, 0.717) is 10.8 Å². The van der Waals surface area contributed by atoms with Crippen molar-refractivity contribution in [1.29, 1.82) is 0 Å². The van der Waals surface area contributed by atoms with Gasteiger partial charge in [0.15, 0.2) is 16.6 Å². The Balaban J connectivity index is 1.45. The number of hydrogen-bond acceptors (Lipinski definition) is 6.